The van der Waals surface area contributed by atoms with Gasteiger partial charge in [-0.15, -0.1) is 0 Å². The van der Waals surface area contributed by atoms with E-state index in [1.807, 2.05) is 0 Å². The van der Waals surface area contributed by atoms with Gasteiger partial charge in [0.2, 0.25) is 0 Å². The number of hydrogen-bond donors (Lipinski definition) is 0. The second-order valence-corrected chi connectivity index (χ2v) is 3.63. The minimum absolute atomic E-state index is 0.619. The molecule has 0 fully saturated rings. The summed E-state index contributed by atoms with van der Waals surface area (Å²) < 4.78 is 5.10. The molecule has 0 spiro atoms. The second kappa shape index (κ2) is 5.40. The third-order valence-electron chi connectivity index (χ3n) is 2.90. The summed E-state index contributed by atoms with van der Waals surface area (Å²) in [5.74, 6) is 0. The highest BCUT2D eigenvalue weighted by atomic mass is 16.5. The largest absolute Gasteiger partial charge is 0.383 e. The molecule has 2 heteroatoms. The van der Waals surface area contributed by atoms with Gasteiger partial charge in [0, 0.05) is 26.2 Å². The van der Waals surface area contributed by atoms with Crippen LogP contribution >= 0.6 is 0 Å². The van der Waals surface area contributed by atoms with E-state index >= 15 is 0 Å². The van der Waals surface area contributed by atoms with Crippen LogP contribution in [0.1, 0.15) is 26.7 Å². The number of rotatable bonds is 4. The lowest BCUT2D eigenvalue weighted by Crippen LogP contribution is -2.39. The van der Waals surface area contributed by atoms with Crippen LogP contribution in [-0.4, -0.2) is 37.7 Å². The molecule has 0 aromatic carbocycles. The molecule has 0 aromatic rings. The third-order valence-corrected chi connectivity index (χ3v) is 2.90. The number of ether oxygens (including phenoxy) is 1. The van der Waals surface area contributed by atoms with Gasteiger partial charge in [0.25, 0.3) is 0 Å². The van der Waals surface area contributed by atoms with Gasteiger partial charge in [-0.3, -0.25) is 4.90 Å². The van der Waals surface area contributed by atoms with Crippen molar-refractivity contribution in [2.24, 2.45) is 0 Å². The van der Waals surface area contributed by atoms with Crippen molar-refractivity contribution in [3.8, 4) is 0 Å². The van der Waals surface area contributed by atoms with Crippen LogP contribution in [0.3, 0.4) is 0 Å². The summed E-state index contributed by atoms with van der Waals surface area (Å²) in [6.07, 6.45) is 4.79. The van der Waals surface area contributed by atoms with Crippen LogP contribution in [0.4, 0.5) is 0 Å². The van der Waals surface area contributed by atoms with E-state index in [9.17, 15) is 0 Å². The highest BCUT2D eigenvalue weighted by molar-refractivity contribution is 5.12. The molecule has 13 heavy (non-hydrogen) atoms. The molecule has 1 atom stereocenters. The quantitative estimate of drug-likeness (QED) is 0.619. The summed E-state index contributed by atoms with van der Waals surface area (Å²) in [5.41, 5.74) is 1.59. The van der Waals surface area contributed by atoms with Gasteiger partial charge >= 0.3 is 0 Å². The number of nitrogens with zero attached hydrogens (tertiary/aromatic N) is 1. The van der Waals surface area contributed by atoms with Crippen LogP contribution in [0.5, 0.6) is 0 Å². The smallest absolute Gasteiger partial charge is 0.0589 e. The molecule has 0 saturated heterocycles. The molecule has 1 aliphatic rings. The predicted molar refractivity (Wildman–Crippen MR) is 55.9 cm³/mol. The monoisotopic (exact) mass is 183 g/mol. The number of hydrogen-bond acceptors (Lipinski definition) is 2. The molecule has 0 bridgehead atoms. The first-order valence-corrected chi connectivity index (χ1v) is 5.21. The van der Waals surface area contributed by atoms with Crippen LogP contribution in [0, 0.1) is 0 Å². The van der Waals surface area contributed by atoms with E-state index in [-0.39, 0.29) is 0 Å². The fraction of sp³-hybridized carbons (Fsp3) is 0.818. The maximum atomic E-state index is 5.10. The first-order chi connectivity index (χ1) is 6.29. The Hall–Kier alpha value is -0.340. The highest BCUT2D eigenvalue weighted by Gasteiger charge is 2.19. The molecular formula is C11H21NO. The average molecular weight is 183 g/mol. The Balaban J connectivity index is 2.45. The summed E-state index contributed by atoms with van der Waals surface area (Å²) in [5, 5.41) is 0. The second-order valence-electron chi connectivity index (χ2n) is 3.63. The Bertz CT molecular complexity index is 177. The Morgan fingerprint density at radius 1 is 1.62 bits per heavy atom. The van der Waals surface area contributed by atoms with E-state index in [1.165, 1.54) is 19.4 Å². The van der Waals surface area contributed by atoms with Gasteiger partial charge in [-0.25, -0.2) is 0 Å². The average Bonchev–Trinajstić information content (AvgIpc) is 2.16. The molecule has 76 valence electrons. The van der Waals surface area contributed by atoms with Crippen molar-refractivity contribution >= 4 is 0 Å². The van der Waals surface area contributed by atoms with Crippen molar-refractivity contribution in [3.05, 3.63) is 11.6 Å². The Morgan fingerprint density at radius 2 is 2.38 bits per heavy atom. The maximum absolute atomic E-state index is 5.10. The molecule has 0 aliphatic carbocycles. The minimum Gasteiger partial charge on any atom is -0.383 e. The first-order valence-electron chi connectivity index (χ1n) is 5.21. The van der Waals surface area contributed by atoms with Crippen LogP contribution < -0.4 is 0 Å². The lowest BCUT2D eigenvalue weighted by molar-refractivity contribution is 0.130. The SMILES string of the molecule is CCC1=CCCN(CCOC)[C@H]1C. The van der Waals surface area contributed by atoms with E-state index in [0.717, 1.165) is 13.2 Å². The lowest BCUT2D eigenvalue weighted by Gasteiger charge is -2.33. The van der Waals surface area contributed by atoms with Gasteiger partial charge in [0.1, 0.15) is 0 Å². The highest BCUT2D eigenvalue weighted by Crippen LogP contribution is 2.19. The molecule has 1 rings (SSSR count). The number of methoxy groups -OCH3 is 1. The molecular weight excluding hydrogens is 162 g/mol. The fourth-order valence-corrected chi connectivity index (χ4v) is 1.97. The van der Waals surface area contributed by atoms with E-state index in [0.29, 0.717) is 6.04 Å². The Morgan fingerprint density at radius 3 is 3.00 bits per heavy atom. The van der Waals surface area contributed by atoms with Crippen LogP contribution in [0.15, 0.2) is 11.6 Å². The fourth-order valence-electron chi connectivity index (χ4n) is 1.97. The van der Waals surface area contributed by atoms with Crippen molar-refractivity contribution in [2.75, 3.05) is 26.8 Å². The van der Waals surface area contributed by atoms with Crippen molar-refractivity contribution in [1.29, 1.82) is 0 Å². The summed E-state index contributed by atoms with van der Waals surface area (Å²) in [6, 6.07) is 0.619. The van der Waals surface area contributed by atoms with Crippen molar-refractivity contribution in [2.45, 2.75) is 32.7 Å². The summed E-state index contributed by atoms with van der Waals surface area (Å²) in [4.78, 5) is 2.50. The van der Waals surface area contributed by atoms with Crippen LogP contribution in [0.2, 0.25) is 0 Å². The molecule has 1 heterocycles. The zero-order chi connectivity index (χ0) is 9.68. The van der Waals surface area contributed by atoms with Crippen molar-refractivity contribution in [1.82, 2.24) is 4.90 Å². The van der Waals surface area contributed by atoms with E-state index < -0.39 is 0 Å². The Labute approximate surface area is 81.6 Å². The first kappa shape index (κ1) is 10.7. The zero-order valence-corrected chi connectivity index (χ0v) is 9.05. The zero-order valence-electron chi connectivity index (χ0n) is 9.05. The normalized spacial score (nSPS) is 24.5. The molecule has 2 nitrogen and oxygen atoms in total. The van der Waals surface area contributed by atoms with Crippen LogP contribution in [0.25, 0.3) is 0 Å². The molecule has 0 unspecified atom stereocenters. The molecule has 0 radical (unpaired) electrons. The molecule has 1 aliphatic heterocycles. The van der Waals surface area contributed by atoms with E-state index in [4.69, 9.17) is 4.74 Å². The van der Waals surface area contributed by atoms with Crippen molar-refractivity contribution in [3.63, 3.8) is 0 Å². The van der Waals surface area contributed by atoms with Gasteiger partial charge in [-0.05, 0) is 19.8 Å². The third kappa shape index (κ3) is 2.82. The maximum Gasteiger partial charge on any atom is 0.0589 e. The van der Waals surface area contributed by atoms with Gasteiger partial charge in [-0.2, -0.15) is 0 Å². The summed E-state index contributed by atoms with van der Waals surface area (Å²) >= 11 is 0. The van der Waals surface area contributed by atoms with Gasteiger partial charge in [0.05, 0.1) is 6.61 Å². The molecule has 0 N–H and O–H groups in total. The molecule has 0 saturated carbocycles. The van der Waals surface area contributed by atoms with Crippen molar-refractivity contribution < 1.29 is 4.74 Å². The summed E-state index contributed by atoms with van der Waals surface area (Å²) in [7, 11) is 1.77. The van der Waals surface area contributed by atoms with Gasteiger partial charge < -0.3 is 4.74 Å². The minimum atomic E-state index is 0.619. The van der Waals surface area contributed by atoms with Gasteiger partial charge in [-0.1, -0.05) is 18.6 Å². The summed E-state index contributed by atoms with van der Waals surface area (Å²) in [6.45, 7) is 7.64. The predicted octanol–water partition coefficient (Wildman–Crippen LogP) is 2.06. The van der Waals surface area contributed by atoms with Gasteiger partial charge in [0.15, 0.2) is 0 Å². The standard InChI is InChI=1S/C11H21NO/c1-4-11-6-5-7-12(10(11)2)8-9-13-3/h6,10H,4-5,7-9H2,1-3H3/t10-/m0/s1. The molecule has 0 amide bonds. The van der Waals surface area contributed by atoms with E-state index in [1.54, 1.807) is 12.7 Å². The lowest BCUT2D eigenvalue weighted by atomic mass is 9.99. The topological polar surface area (TPSA) is 12.5 Å². The van der Waals surface area contributed by atoms with E-state index in [2.05, 4.69) is 24.8 Å². The molecule has 0 aromatic heterocycles. The Kier molecular flexibility index (Phi) is 4.46. The van der Waals surface area contributed by atoms with Crippen LogP contribution in [-0.2, 0) is 4.74 Å².